The van der Waals surface area contributed by atoms with Crippen molar-refractivity contribution in [1.29, 1.82) is 0 Å². The van der Waals surface area contributed by atoms with Crippen molar-refractivity contribution in [2.45, 2.75) is 31.7 Å². The number of para-hydroxylation sites is 1. The molecule has 16 heavy (non-hydrogen) atoms. The molecule has 0 spiro atoms. The molecule has 1 aliphatic rings. The van der Waals surface area contributed by atoms with Gasteiger partial charge in [-0.2, -0.15) is 0 Å². The van der Waals surface area contributed by atoms with Crippen LogP contribution in [0.4, 0.5) is 5.69 Å². The summed E-state index contributed by atoms with van der Waals surface area (Å²) in [6.45, 7) is 3.08. The first-order chi connectivity index (χ1) is 7.70. The van der Waals surface area contributed by atoms with Crippen LogP contribution in [0.5, 0.6) is 0 Å². The van der Waals surface area contributed by atoms with E-state index in [1.807, 2.05) is 0 Å². The number of likely N-dealkylation sites (N-methyl/N-ethyl adjacent to an activating group) is 1. The Labute approximate surface area is 98.4 Å². The molecule has 1 aliphatic carbocycles. The Morgan fingerprint density at radius 1 is 1.38 bits per heavy atom. The van der Waals surface area contributed by atoms with Gasteiger partial charge >= 0.3 is 0 Å². The molecule has 2 unspecified atom stereocenters. The van der Waals surface area contributed by atoms with Crippen molar-refractivity contribution in [3.63, 3.8) is 0 Å². The summed E-state index contributed by atoms with van der Waals surface area (Å²) >= 11 is 0. The van der Waals surface area contributed by atoms with Crippen LogP contribution < -0.4 is 10.6 Å². The van der Waals surface area contributed by atoms with E-state index in [-0.39, 0.29) is 5.54 Å². The maximum absolute atomic E-state index is 6.06. The lowest BCUT2D eigenvalue weighted by Crippen LogP contribution is -2.54. The third-order valence-electron chi connectivity index (χ3n) is 4.33. The fourth-order valence-corrected chi connectivity index (χ4v) is 3.08. The number of anilines is 1. The lowest BCUT2D eigenvalue weighted by atomic mass is 9.86. The summed E-state index contributed by atoms with van der Waals surface area (Å²) in [5.41, 5.74) is 7.50. The highest BCUT2D eigenvalue weighted by Crippen LogP contribution is 2.40. The molecule has 0 heterocycles. The van der Waals surface area contributed by atoms with Gasteiger partial charge in [-0.1, -0.05) is 31.5 Å². The van der Waals surface area contributed by atoms with Crippen molar-refractivity contribution in [2.24, 2.45) is 11.7 Å². The van der Waals surface area contributed by atoms with Gasteiger partial charge in [-0.3, -0.25) is 0 Å². The lowest BCUT2D eigenvalue weighted by Gasteiger charge is -2.43. The highest BCUT2D eigenvalue weighted by Gasteiger charge is 2.42. The van der Waals surface area contributed by atoms with E-state index >= 15 is 0 Å². The van der Waals surface area contributed by atoms with Crippen LogP contribution in [-0.4, -0.2) is 19.1 Å². The molecule has 1 fully saturated rings. The molecule has 2 rings (SSSR count). The minimum absolute atomic E-state index is 0.168. The van der Waals surface area contributed by atoms with Crippen LogP contribution in [0.15, 0.2) is 30.3 Å². The minimum Gasteiger partial charge on any atom is -0.367 e. The van der Waals surface area contributed by atoms with Crippen molar-refractivity contribution in [3.05, 3.63) is 30.3 Å². The van der Waals surface area contributed by atoms with Gasteiger partial charge in [-0.15, -0.1) is 0 Å². The van der Waals surface area contributed by atoms with Gasteiger partial charge in [0, 0.05) is 19.3 Å². The first kappa shape index (κ1) is 11.5. The van der Waals surface area contributed by atoms with Crippen molar-refractivity contribution in [3.8, 4) is 0 Å². The smallest absolute Gasteiger partial charge is 0.0546 e. The lowest BCUT2D eigenvalue weighted by molar-refractivity contribution is 0.331. The number of hydrogen-bond donors (Lipinski definition) is 1. The minimum atomic E-state index is 0.168. The summed E-state index contributed by atoms with van der Waals surface area (Å²) < 4.78 is 0. The van der Waals surface area contributed by atoms with Crippen molar-refractivity contribution < 1.29 is 0 Å². The maximum atomic E-state index is 6.06. The SMILES string of the molecule is CC1CCCC1(CN)N(C)c1ccccc1. The molecule has 2 N–H and O–H groups in total. The second-order valence-corrected chi connectivity index (χ2v) is 5.00. The molecule has 0 radical (unpaired) electrons. The van der Waals surface area contributed by atoms with Crippen molar-refractivity contribution >= 4 is 5.69 Å². The molecule has 2 nitrogen and oxygen atoms in total. The average Bonchev–Trinajstić information content (AvgIpc) is 2.72. The Bertz CT molecular complexity index is 336. The van der Waals surface area contributed by atoms with Crippen LogP contribution in [0.2, 0.25) is 0 Å². The van der Waals surface area contributed by atoms with Crippen LogP contribution >= 0.6 is 0 Å². The zero-order valence-corrected chi connectivity index (χ0v) is 10.3. The molecule has 2 heteroatoms. The van der Waals surface area contributed by atoms with Crippen LogP contribution in [0.1, 0.15) is 26.2 Å². The molecule has 0 amide bonds. The summed E-state index contributed by atoms with van der Waals surface area (Å²) in [4.78, 5) is 2.39. The number of hydrogen-bond acceptors (Lipinski definition) is 2. The Kier molecular flexibility index (Phi) is 3.20. The Morgan fingerprint density at radius 3 is 2.56 bits per heavy atom. The molecule has 2 atom stereocenters. The van der Waals surface area contributed by atoms with Gasteiger partial charge in [0.05, 0.1) is 5.54 Å². The standard InChI is InChI=1S/C14H22N2/c1-12-7-6-10-14(12,11-15)16(2)13-8-4-3-5-9-13/h3-5,8-9,12H,6-7,10-11,15H2,1-2H3. The third kappa shape index (κ3) is 1.71. The molecular formula is C14H22N2. The molecule has 1 aromatic carbocycles. The maximum Gasteiger partial charge on any atom is 0.0546 e. The van der Waals surface area contributed by atoms with Crippen molar-refractivity contribution in [1.82, 2.24) is 0 Å². The number of nitrogens with zero attached hydrogens (tertiary/aromatic N) is 1. The predicted molar refractivity (Wildman–Crippen MR) is 69.6 cm³/mol. The van der Waals surface area contributed by atoms with E-state index in [1.165, 1.54) is 24.9 Å². The van der Waals surface area contributed by atoms with Gasteiger partial charge in [0.15, 0.2) is 0 Å². The first-order valence-corrected chi connectivity index (χ1v) is 6.19. The number of rotatable bonds is 3. The number of nitrogens with two attached hydrogens (primary N) is 1. The van der Waals surface area contributed by atoms with Gasteiger partial charge in [0.1, 0.15) is 0 Å². The van der Waals surface area contributed by atoms with E-state index in [2.05, 4.69) is 49.2 Å². The molecule has 0 aromatic heterocycles. The topological polar surface area (TPSA) is 29.3 Å². The fraction of sp³-hybridized carbons (Fsp3) is 0.571. The second kappa shape index (κ2) is 4.46. The van der Waals surface area contributed by atoms with Gasteiger partial charge in [-0.05, 0) is 30.9 Å². The molecule has 0 bridgehead atoms. The molecule has 88 valence electrons. The summed E-state index contributed by atoms with van der Waals surface area (Å²) in [5, 5.41) is 0. The zero-order valence-electron chi connectivity index (χ0n) is 10.3. The number of benzene rings is 1. The van der Waals surface area contributed by atoms with E-state index in [1.54, 1.807) is 0 Å². The average molecular weight is 218 g/mol. The summed E-state index contributed by atoms with van der Waals surface area (Å²) in [5.74, 6) is 0.683. The molecule has 1 saturated carbocycles. The van der Waals surface area contributed by atoms with Crippen LogP contribution in [0, 0.1) is 5.92 Å². The van der Waals surface area contributed by atoms with Gasteiger partial charge < -0.3 is 10.6 Å². The van der Waals surface area contributed by atoms with Gasteiger partial charge in [0.2, 0.25) is 0 Å². The van der Waals surface area contributed by atoms with E-state index in [4.69, 9.17) is 5.73 Å². The zero-order chi connectivity index (χ0) is 11.6. The van der Waals surface area contributed by atoms with E-state index in [9.17, 15) is 0 Å². The Hall–Kier alpha value is -1.02. The normalized spacial score (nSPS) is 29.3. The second-order valence-electron chi connectivity index (χ2n) is 5.00. The van der Waals surface area contributed by atoms with E-state index < -0.39 is 0 Å². The van der Waals surface area contributed by atoms with Crippen molar-refractivity contribution in [2.75, 3.05) is 18.5 Å². The largest absolute Gasteiger partial charge is 0.367 e. The van der Waals surface area contributed by atoms with Crippen LogP contribution in [0.3, 0.4) is 0 Å². The van der Waals surface area contributed by atoms with E-state index in [0.29, 0.717) is 5.92 Å². The van der Waals surface area contributed by atoms with E-state index in [0.717, 1.165) is 6.54 Å². The quantitative estimate of drug-likeness (QED) is 0.845. The van der Waals surface area contributed by atoms with Gasteiger partial charge in [-0.25, -0.2) is 0 Å². The monoisotopic (exact) mass is 218 g/mol. The molecule has 0 saturated heterocycles. The Balaban J connectivity index is 2.28. The third-order valence-corrected chi connectivity index (χ3v) is 4.33. The summed E-state index contributed by atoms with van der Waals surface area (Å²) in [6, 6.07) is 10.6. The molecular weight excluding hydrogens is 196 g/mol. The van der Waals surface area contributed by atoms with Gasteiger partial charge in [0.25, 0.3) is 0 Å². The summed E-state index contributed by atoms with van der Waals surface area (Å²) in [7, 11) is 2.18. The highest BCUT2D eigenvalue weighted by molar-refractivity contribution is 5.48. The summed E-state index contributed by atoms with van der Waals surface area (Å²) in [6.07, 6.45) is 3.82. The highest BCUT2D eigenvalue weighted by atomic mass is 15.2. The Morgan fingerprint density at radius 2 is 2.06 bits per heavy atom. The predicted octanol–water partition coefficient (Wildman–Crippen LogP) is 2.64. The van der Waals surface area contributed by atoms with Crippen LogP contribution in [-0.2, 0) is 0 Å². The van der Waals surface area contributed by atoms with Crippen LogP contribution in [0.25, 0.3) is 0 Å². The molecule has 0 aliphatic heterocycles. The molecule has 1 aromatic rings. The first-order valence-electron chi connectivity index (χ1n) is 6.19. The fourth-order valence-electron chi connectivity index (χ4n) is 3.08.